The number of H-pyrrole nitrogens is 1. The van der Waals surface area contributed by atoms with E-state index in [0.29, 0.717) is 0 Å². The fourth-order valence-electron chi connectivity index (χ4n) is 2.43. The summed E-state index contributed by atoms with van der Waals surface area (Å²) in [5, 5.41) is 10.1. The lowest BCUT2D eigenvalue weighted by Crippen LogP contribution is -2.14. The highest BCUT2D eigenvalue weighted by Crippen LogP contribution is 2.21. The number of carbonyl (C=O) groups excluding carboxylic acids is 1. The molecule has 2 N–H and O–H groups in total. The third kappa shape index (κ3) is 3.81. The van der Waals surface area contributed by atoms with E-state index in [1.807, 2.05) is 79.7 Å². The van der Waals surface area contributed by atoms with Gasteiger partial charge >= 0.3 is 0 Å². The van der Waals surface area contributed by atoms with Crippen LogP contribution < -0.4 is 10.2 Å². The number of hydrogen-bond acceptors (Lipinski definition) is 3. The Morgan fingerprint density at radius 1 is 1.08 bits per heavy atom. The monoisotopic (exact) mass is 320 g/mol. The van der Waals surface area contributed by atoms with E-state index in [0.717, 1.165) is 28.3 Å². The first-order valence-corrected chi connectivity index (χ1v) is 7.79. The lowest BCUT2D eigenvalue weighted by Gasteiger charge is -2.11. The third-order valence-corrected chi connectivity index (χ3v) is 3.72. The van der Waals surface area contributed by atoms with Gasteiger partial charge < -0.3 is 10.2 Å². The van der Waals surface area contributed by atoms with Crippen molar-refractivity contribution in [2.75, 3.05) is 24.3 Å². The average molecular weight is 320 g/mol. The highest BCUT2D eigenvalue weighted by Gasteiger charge is 2.09. The van der Waals surface area contributed by atoms with Gasteiger partial charge in [-0.2, -0.15) is 5.10 Å². The maximum atomic E-state index is 12.1. The largest absolute Gasteiger partial charge is 0.378 e. The van der Waals surface area contributed by atoms with Gasteiger partial charge in [-0.05, 0) is 30.3 Å². The standard InChI is InChI=1S/C19H20N4O/c1-23(2)17-10-8-14(9-11-17)18-12-16(21-22-18)13-19(24)20-15-6-4-3-5-7-15/h3-12H,13H2,1-2H3,(H,20,24)(H,21,22). The van der Waals surface area contributed by atoms with Crippen LogP contribution in [0.1, 0.15) is 5.69 Å². The van der Waals surface area contributed by atoms with Gasteiger partial charge in [-0.3, -0.25) is 9.89 Å². The number of para-hydroxylation sites is 1. The molecule has 5 nitrogen and oxygen atoms in total. The van der Waals surface area contributed by atoms with Crippen LogP contribution in [0.2, 0.25) is 0 Å². The first kappa shape index (κ1) is 15.8. The predicted molar refractivity (Wildman–Crippen MR) is 97.1 cm³/mol. The van der Waals surface area contributed by atoms with Crippen LogP contribution in [-0.4, -0.2) is 30.2 Å². The first-order chi connectivity index (χ1) is 11.6. The fraction of sp³-hybridized carbons (Fsp3) is 0.158. The molecular weight excluding hydrogens is 300 g/mol. The summed E-state index contributed by atoms with van der Waals surface area (Å²) in [7, 11) is 4.01. The molecule has 0 saturated heterocycles. The average Bonchev–Trinajstić information content (AvgIpc) is 3.04. The van der Waals surface area contributed by atoms with Crippen LogP contribution in [-0.2, 0) is 11.2 Å². The van der Waals surface area contributed by atoms with Gasteiger partial charge in [-0.15, -0.1) is 0 Å². The molecule has 0 fully saturated rings. The summed E-state index contributed by atoms with van der Waals surface area (Å²) in [5.41, 5.74) is 4.57. The zero-order valence-corrected chi connectivity index (χ0v) is 13.8. The molecule has 122 valence electrons. The normalized spacial score (nSPS) is 10.4. The van der Waals surface area contributed by atoms with Crippen molar-refractivity contribution >= 4 is 17.3 Å². The number of aromatic nitrogens is 2. The minimum absolute atomic E-state index is 0.0700. The lowest BCUT2D eigenvalue weighted by atomic mass is 10.1. The van der Waals surface area contributed by atoms with Gasteiger partial charge in [0.05, 0.1) is 12.1 Å². The lowest BCUT2D eigenvalue weighted by molar-refractivity contribution is -0.115. The Morgan fingerprint density at radius 3 is 2.46 bits per heavy atom. The second-order valence-corrected chi connectivity index (χ2v) is 5.81. The summed E-state index contributed by atoms with van der Waals surface area (Å²) in [6.45, 7) is 0. The van der Waals surface area contributed by atoms with Gasteiger partial charge in [-0.25, -0.2) is 0 Å². The van der Waals surface area contributed by atoms with E-state index in [2.05, 4.69) is 15.5 Å². The van der Waals surface area contributed by atoms with Crippen LogP contribution in [0.5, 0.6) is 0 Å². The Balaban J connectivity index is 1.66. The third-order valence-electron chi connectivity index (χ3n) is 3.72. The summed E-state index contributed by atoms with van der Waals surface area (Å²) < 4.78 is 0. The van der Waals surface area contributed by atoms with Crippen molar-refractivity contribution in [3.63, 3.8) is 0 Å². The van der Waals surface area contributed by atoms with Crippen LogP contribution in [0.3, 0.4) is 0 Å². The van der Waals surface area contributed by atoms with Crippen LogP contribution in [0, 0.1) is 0 Å². The van der Waals surface area contributed by atoms with Crippen LogP contribution in [0.15, 0.2) is 60.7 Å². The molecule has 1 amide bonds. The summed E-state index contributed by atoms with van der Waals surface area (Å²) >= 11 is 0. The molecular formula is C19H20N4O. The SMILES string of the molecule is CN(C)c1ccc(-c2cc(CC(=O)Nc3ccccc3)[nH]n2)cc1. The van der Waals surface area contributed by atoms with E-state index in [4.69, 9.17) is 0 Å². The number of nitrogens with one attached hydrogen (secondary N) is 2. The van der Waals surface area contributed by atoms with Crippen molar-refractivity contribution < 1.29 is 4.79 Å². The number of amides is 1. The summed E-state index contributed by atoms with van der Waals surface area (Å²) in [6.07, 6.45) is 0.262. The molecule has 1 aromatic heterocycles. The van der Waals surface area contributed by atoms with Crippen LogP contribution in [0.4, 0.5) is 11.4 Å². The molecule has 0 unspecified atom stereocenters. The number of hydrogen-bond donors (Lipinski definition) is 2. The van der Waals surface area contributed by atoms with Gasteiger partial charge in [0.15, 0.2) is 0 Å². The molecule has 0 saturated carbocycles. The van der Waals surface area contributed by atoms with Crippen LogP contribution in [0.25, 0.3) is 11.3 Å². The number of benzene rings is 2. The van der Waals surface area contributed by atoms with Crippen LogP contribution >= 0.6 is 0 Å². The predicted octanol–water partition coefficient (Wildman–Crippen LogP) is 3.32. The maximum Gasteiger partial charge on any atom is 0.230 e. The number of nitrogens with zero attached hydrogens (tertiary/aromatic N) is 2. The second-order valence-electron chi connectivity index (χ2n) is 5.81. The van der Waals surface area contributed by atoms with E-state index in [1.165, 1.54) is 0 Å². The molecule has 1 heterocycles. The molecule has 5 heteroatoms. The molecule has 0 aliphatic carbocycles. The highest BCUT2D eigenvalue weighted by atomic mass is 16.1. The van der Waals surface area contributed by atoms with Crippen molar-refractivity contribution in [2.24, 2.45) is 0 Å². The van der Waals surface area contributed by atoms with E-state index in [-0.39, 0.29) is 12.3 Å². The quantitative estimate of drug-likeness (QED) is 0.758. The Kier molecular flexibility index (Phi) is 4.61. The Bertz CT molecular complexity index is 807. The minimum atomic E-state index is -0.0700. The van der Waals surface area contributed by atoms with Gasteiger partial charge in [0.25, 0.3) is 0 Å². The maximum absolute atomic E-state index is 12.1. The molecule has 3 aromatic rings. The highest BCUT2D eigenvalue weighted by molar-refractivity contribution is 5.92. The smallest absolute Gasteiger partial charge is 0.230 e. The summed E-state index contributed by atoms with van der Waals surface area (Å²) in [6, 6.07) is 19.5. The number of carbonyl (C=O) groups is 1. The Labute approximate surface area is 141 Å². The van der Waals surface area contributed by atoms with Crippen molar-refractivity contribution in [2.45, 2.75) is 6.42 Å². The second kappa shape index (κ2) is 7.00. The Hall–Kier alpha value is -3.08. The van der Waals surface area contributed by atoms with Gasteiger partial charge in [-0.1, -0.05) is 30.3 Å². The van der Waals surface area contributed by atoms with Crippen molar-refractivity contribution in [1.29, 1.82) is 0 Å². The molecule has 0 bridgehead atoms. The zero-order chi connectivity index (χ0) is 16.9. The van der Waals surface area contributed by atoms with E-state index in [1.54, 1.807) is 0 Å². The molecule has 2 aromatic carbocycles. The van der Waals surface area contributed by atoms with Crippen molar-refractivity contribution in [3.05, 3.63) is 66.4 Å². The van der Waals surface area contributed by atoms with E-state index >= 15 is 0 Å². The number of aromatic amines is 1. The van der Waals surface area contributed by atoms with Gasteiger partial charge in [0.1, 0.15) is 0 Å². The fourth-order valence-corrected chi connectivity index (χ4v) is 2.43. The molecule has 24 heavy (non-hydrogen) atoms. The molecule has 0 radical (unpaired) electrons. The van der Waals surface area contributed by atoms with Crippen molar-refractivity contribution in [3.8, 4) is 11.3 Å². The van der Waals surface area contributed by atoms with Gasteiger partial charge in [0.2, 0.25) is 5.91 Å². The van der Waals surface area contributed by atoms with E-state index in [9.17, 15) is 4.79 Å². The topological polar surface area (TPSA) is 61.0 Å². The van der Waals surface area contributed by atoms with Gasteiger partial charge in [0, 0.05) is 36.7 Å². The number of anilines is 2. The molecule has 0 aliphatic heterocycles. The zero-order valence-electron chi connectivity index (χ0n) is 13.8. The molecule has 3 rings (SSSR count). The Morgan fingerprint density at radius 2 is 1.79 bits per heavy atom. The summed E-state index contributed by atoms with van der Waals surface area (Å²) in [4.78, 5) is 14.1. The molecule has 0 aliphatic rings. The van der Waals surface area contributed by atoms with E-state index < -0.39 is 0 Å². The summed E-state index contributed by atoms with van der Waals surface area (Å²) in [5.74, 6) is -0.0700. The molecule has 0 atom stereocenters. The van der Waals surface area contributed by atoms with Crippen molar-refractivity contribution in [1.82, 2.24) is 10.2 Å². The first-order valence-electron chi connectivity index (χ1n) is 7.79. The minimum Gasteiger partial charge on any atom is -0.378 e. The molecule has 0 spiro atoms. The number of rotatable bonds is 5.